The van der Waals surface area contributed by atoms with Crippen LogP contribution in [0.1, 0.15) is 11.1 Å². The minimum absolute atomic E-state index is 0.811. The molecule has 0 saturated carbocycles. The van der Waals surface area contributed by atoms with Gasteiger partial charge in [-0.1, -0.05) is 36.4 Å². The molecule has 23 heavy (non-hydrogen) atoms. The first-order chi connectivity index (χ1) is 11.1. The molecule has 2 rings (SSSR count). The number of para-hydroxylation sites is 2. The van der Waals surface area contributed by atoms with Crippen LogP contribution < -0.4 is 9.31 Å². The summed E-state index contributed by atoms with van der Waals surface area (Å²) in [6.07, 6.45) is 0. The van der Waals surface area contributed by atoms with Gasteiger partial charge in [-0.25, -0.2) is 0 Å². The molecule has 0 amide bonds. The first-order valence-corrected chi connectivity index (χ1v) is 7.66. The topological polar surface area (TPSA) is 24.9 Å². The summed E-state index contributed by atoms with van der Waals surface area (Å²) >= 11 is 0. The van der Waals surface area contributed by atoms with Crippen molar-refractivity contribution < 1.29 is 9.31 Å². The Labute approximate surface area is 139 Å². The molecule has 1 radical (unpaired) electrons. The lowest BCUT2D eigenvalue weighted by molar-refractivity contribution is 0.383. The van der Waals surface area contributed by atoms with Crippen LogP contribution in [0.15, 0.2) is 48.5 Å². The second kappa shape index (κ2) is 8.60. The molecule has 0 fully saturated rings. The number of hydrogen-bond acceptors (Lipinski definition) is 4. The monoisotopic (exact) mass is 311 g/mol. The molecule has 0 unspecified atom stereocenters. The van der Waals surface area contributed by atoms with Crippen molar-refractivity contribution in [2.75, 3.05) is 28.2 Å². The molecule has 0 aliphatic carbocycles. The first kappa shape index (κ1) is 17.4. The standard InChI is InChI=1S/C18H24BN2O2/c1-20(2)13-15-9-5-7-11-17(15)22-19-23-18-12-8-6-10-16(18)14-21(3)4/h5-12H,13-14H2,1-4H3. The molecule has 0 aliphatic rings. The summed E-state index contributed by atoms with van der Waals surface area (Å²) in [6, 6.07) is 16.0. The minimum atomic E-state index is 0.811. The van der Waals surface area contributed by atoms with E-state index in [4.69, 9.17) is 9.31 Å². The second-order valence-corrected chi connectivity index (χ2v) is 6.02. The molecule has 0 aliphatic heterocycles. The molecular formula is C18H24BN2O2. The van der Waals surface area contributed by atoms with Gasteiger partial charge in [-0.2, -0.15) is 0 Å². The summed E-state index contributed by atoms with van der Waals surface area (Å²) in [5.74, 6) is 1.62. The molecule has 5 heteroatoms. The normalized spacial score (nSPS) is 10.9. The Balaban J connectivity index is 1.98. The van der Waals surface area contributed by atoms with E-state index in [2.05, 4.69) is 21.9 Å². The maximum absolute atomic E-state index is 5.71. The lowest BCUT2D eigenvalue weighted by Gasteiger charge is -2.16. The Morgan fingerprint density at radius 3 is 1.48 bits per heavy atom. The van der Waals surface area contributed by atoms with Crippen LogP contribution in [-0.2, 0) is 13.1 Å². The third-order valence-electron chi connectivity index (χ3n) is 3.27. The Morgan fingerprint density at radius 1 is 0.696 bits per heavy atom. The van der Waals surface area contributed by atoms with Crippen LogP contribution in [-0.4, -0.2) is 45.7 Å². The average molecular weight is 311 g/mol. The van der Waals surface area contributed by atoms with E-state index in [1.165, 1.54) is 7.69 Å². The summed E-state index contributed by atoms with van der Waals surface area (Å²) in [5, 5.41) is 0. The number of rotatable bonds is 8. The van der Waals surface area contributed by atoms with Gasteiger partial charge in [-0.05, 0) is 40.3 Å². The van der Waals surface area contributed by atoms with Crippen molar-refractivity contribution in [1.29, 1.82) is 0 Å². The van der Waals surface area contributed by atoms with E-state index in [9.17, 15) is 0 Å². The van der Waals surface area contributed by atoms with Gasteiger partial charge < -0.3 is 19.1 Å². The zero-order valence-corrected chi connectivity index (χ0v) is 14.3. The lowest BCUT2D eigenvalue weighted by Crippen LogP contribution is -2.17. The highest BCUT2D eigenvalue weighted by atomic mass is 16.6. The van der Waals surface area contributed by atoms with E-state index in [1.54, 1.807) is 0 Å². The Morgan fingerprint density at radius 2 is 1.09 bits per heavy atom. The lowest BCUT2D eigenvalue weighted by atomic mass is 10.1. The van der Waals surface area contributed by atoms with Crippen LogP contribution in [0.25, 0.3) is 0 Å². The molecule has 2 aromatic carbocycles. The molecule has 0 N–H and O–H groups in total. The number of nitrogens with zero attached hydrogens (tertiary/aromatic N) is 2. The molecule has 0 spiro atoms. The number of benzene rings is 2. The first-order valence-electron chi connectivity index (χ1n) is 7.66. The molecule has 4 nitrogen and oxygen atoms in total. The van der Waals surface area contributed by atoms with Gasteiger partial charge in [-0.3, -0.25) is 0 Å². The molecule has 0 atom stereocenters. The molecule has 0 heterocycles. The number of hydrogen-bond donors (Lipinski definition) is 0. The molecular weight excluding hydrogens is 287 g/mol. The SMILES string of the molecule is CN(C)Cc1ccccc1O[B]Oc1ccccc1CN(C)C. The zero-order valence-electron chi connectivity index (χ0n) is 14.3. The van der Waals surface area contributed by atoms with Crippen LogP contribution >= 0.6 is 0 Å². The van der Waals surface area contributed by atoms with E-state index in [0.29, 0.717) is 0 Å². The molecule has 2 aromatic rings. The van der Waals surface area contributed by atoms with E-state index in [1.807, 2.05) is 64.6 Å². The van der Waals surface area contributed by atoms with E-state index in [-0.39, 0.29) is 0 Å². The van der Waals surface area contributed by atoms with Crippen LogP contribution in [0.2, 0.25) is 0 Å². The van der Waals surface area contributed by atoms with Gasteiger partial charge in [0, 0.05) is 24.2 Å². The summed E-state index contributed by atoms with van der Waals surface area (Å²) < 4.78 is 11.4. The van der Waals surface area contributed by atoms with Crippen molar-refractivity contribution in [3.8, 4) is 11.5 Å². The predicted octanol–water partition coefficient (Wildman–Crippen LogP) is 2.80. The maximum atomic E-state index is 5.71. The third kappa shape index (κ3) is 5.62. The maximum Gasteiger partial charge on any atom is 0.658 e. The molecule has 121 valence electrons. The van der Waals surface area contributed by atoms with Crippen molar-refractivity contribution in [2.24, 2.45) is 0 Å². The molecule has 0 bridgehead atoms. The smallest absolute Gasteiger partial charge is 0.526 e. The van der Waals surface area contributed by atoms with Gasteiger partial charge in [0.25, 0.3) is 0 Å². The van der Waals surface area contributed by atoms with Crippen molar-refractivity contribution >= 4 is 7.69 Å². The van der Waals surface area contributed by atoms with Crippen LogP contribution in [0.5, 0.6) is 11.5 Å². The average Bonchev–Trinajstić information content (AvgIpc) is 2.49. The minimum Gasteiger partial charge on any atom is -0.526 e. The molecule has 0 saturated heterocycles. The van der Waals surface area contributed by atoms with Crippen LogP contribution in [0.3, 0.4) is 0 Å². The van der Waals surface area contributed by atoms with E-state index >= 15 is 0 Å². The van der Waals surface area contributed by atoms with E-state index in [0.717, 1.165) is 35.7 Å². The Kier molecular flexibility index (Phi) is 6.50. The van der Waals surface area contributed by atoms with Crippen LogP contribution in [0.4, 0.5) is 0 Å². The Hall–Kier alpha value is -1.98. The quantitative estimate of drug-likeness (QED) is 0.700. The van der Waals surface area contributed by atoms with Gasteiger partial charge in [-0.15, -0.1) is 0 Å². The highest BCUT2D eigenvalue weighted by Crippen LogP contribution is 2.21. The van der Waals surface area contributed by atoms with Crippen LogP contribution in [0, 0.1) is 0 Å². The van der Waals surface area contributed by atoms with Crippen molar-refractivity contribution in [2.45, 2.75) is 13.1 Å². The van der Waals surface area contributed by atoms with E-state index < -0.39 is 0 Å². The Bertz CT molecular complexity index is 564. The third-order valence-corrected chi connectivity index (χ3v) is 3.27. The zero-order chi connectivity index (χ0) is 16.7. The summed E-state index contributed by atoms with van der Waals surface area (Å²) in [5.41, 5.74) is 2.25. The fourth-order valence-electron chi connectivity index (χ4n) is 2.31. The highest BCUT2D eigenvalue weighted by molar-refractivity contribution is 6.20. The van der Waals surface area contributed by atoms with Crippen molar-refractivity contribution in [1.82, 2.24) is 9.80 Å². The van der Waals surface area contributed by atoms with Crippen molar-refractivity contribution in [3.63, 3.8) is 0 Å². The summed E-state index contributed by atoms with van der Waals surface area (Å²) in [4.78, 5) is 4.21. The van der Waals surface area contributed by atoms with Gasteiger partial charge in [0.2, 0.25) is 0 Å². The highest BCUT2D eigenvalue weighted by Gasteiger charge is 2.09. The fraction of sp³-hybridized carbons (Fsp3) is 0.333. The predicted molar refractivity (Wildman–Crippen MR) is 94.7 cm³/mol. The fourth-order valence-corrected chi connectivity index (χ4v) is 2.31. The van der Waals surface area contributed by atoms with Gasteiger partial charge in [0.05, 0.1) is 0 Å². The summed E-state index contributed by atoms with van der Waals surface area (Å²) in [7, 11) is 9.55. The van der Waals surface area contributed by atoms with Gasteiger partial charge in [0.1, 0.15) is 11.5 Å². The van der Waals surface area contributed by atoms with Gasteiger partial charge >= 0.3 is 7.69 Å². The van der Waals surface area contributed by atoms with Gasteiger partial charge in [0.15, 0.2) is 0 Å². The largest absolute Gasteiger partial charge is 0.658 e. The second-order valence-electron chi connectivity index (χ2n) is 6.02. The molecule has 0 aromatic heterocycles. The summed E-state index contributed by atoms with van der Waals surface area (Å²) in [6.45, 7) is 1.64. The van der Waals surface area contributed by atoms with Crippen molar-refractivity contribution in [3.05, 3.63) is 59.7 Å².